The molecule has 1 fully saturated rings. The van der Waals surface area contributed by atoms with E-state index >= 15 is 0 Å². The van der Waals surface area contributed by atoms with Gasteiger partial charge in [-0.1, -0.05) is 36.9 Å². The Morgan fingerprint density at radius 3 is 2.62 bits per heavy atom. The van der Waals surface area contributed by atoms with E-state index in [0.717, 1.165) is 0 Å². The minimum absolute atomic E-state index is 0.0565. The molecule has 26 heavy (non-hydrogen) atoms. The van der Waals surface area contributed by atoms with Crippen LogP contribution in [0, 0.1) is 11.7 Å². The number of hydrogen-bond acceptors (Lipinski definition) is 3. The van der Waals surface area contributed by atoms with Crippen LogP contribution in [0.4, 0.5) is 14.9 Å². The Labute approximate surface area is 150 Å². The highest BCUT2D eigenvalue weighted by Gasteiger charge is 2.39. The molecule has 1 aliphatic rings. The van der Waals surface area contributed by atoms with Crippen molar-refractivity contribution in [1.29, 1.82) is 0 Å². The highest BCUT2D eigenvalue weighted by Crippen LogP contribution is 2.35. The summed E-state index contributed by atoms with van der Waals surface area (Å²) < 4.78 is 19.2. The third kappa shape index (κ3) is 3.37. The molecule has 2 aromatic rings. The van der Waals surface area contributed by atoms with Crippen LogP contribution < -0.4 is 20.7 Å². The molecular formula is C19H18FN3O3. The zero-order chi connectivity index (χ0) is 18.7. The number of amides is 3. The average Bonchev–Trinajstić information content (AvgIpc) is 2.62. The molecule has 3 N–H and O–H groups in total. The normalized spacial score (nSPS) is 19.3. The van der Waals surface area contributed by atoms with Gasteiger partial charge in [-0.05, 0) is 18.2 Å². The minimum Gasteiger partial charge on any atom is -0.496 e. The first-order chi connectivity index (χ1) is 12.5. The van der Waals surface area contributed by atoms with Gasteiger partial charge in [-0.15, -0.1) is 0 Å². The molecule has 0 aliphatic carbocycles. The highest BCUT2D eigenvalue weighted by atomic mass is 19.1. The number of rotatable bonds is 4. The Kier molecular flexibility index (Phi) is 4.88. The number of anilines is 1. The van der Waals surface area contributed by atoms with E-state index in [0.29, 0.717) is 11.3 Å². The highest BCUT2D eigenvalue weighted by molar-refractivity contribution is 5.97. The zero-order valence-electron chi connectivity index (χ0n) is 14.1. The van der Waals surface area contributed by atoms with Crippen molar-refractivity contribution < 1.29 is 18.7 Å². The van der Waals surface area contributed by atoms with Gasteiger partial charge < -0.3 is 20.7 Å². The van der Waals surface area contributed by atoms with Gasteiger partial charge in [0.1, 0.15) is 17.5 Å². The van der Waals surface area contributed by atoms with E-state index in [9.17, 15) is 14.0 Å². The number of hydrogen-bond donors (Lipinski definition) is 3. The molecule has 3 amide bonds. The van der Waals surface area contributed by atoms with Gasteiger partial charge in [-0.2, -0.15) is 0 Å². The first kappa shape index (κ1) is 17.5. The standard InChI is InChI=1S/C19H18FN3O3/c1-11-16(18(24)22-14-9-5-4-8-13(14)20)17(23-19(25)21-11)12-7-3-6-10-15(12)26-2/h3-10,16-17H,1H2,2H3,(H,22,24)(H2,21,23,25)/t16-,17+/m1/s1. The second kappa shape index (κ2) is 7.26. The van der Waals surface area contributed by atoms with Crippen molar-refractivity contribution in [2.45, 2.75) is 6.04 Å². The molecule has 2 aromatic carbocycles. The lowest BCUT2D eigenvalue weighted by molar-refractivity contribution is -0.119. The Hall–Kier alpha value is -3.35. The Bertz CT molecular complexity index is 869. The van der Waals surface area contributed by atoms with Crippen molar-refractivity contribution in [2.75, 3.05) is 12.4 Å². The summed E-state index contributed by atoms with van der Waals surface area (Å²) in [6.07, 6.45) is 0. The molecule has 0 aromatic heterocycles. The molecule has 0 unspecified atom stereocenters. The first-order valence-electron chi connectivity index (χ1n) is 7.96. The summed E-state index contributed by atoms with van der Waals surface area (Å²) in [7, 11) is 1.50. The summed E-state index contributed by atoms with van der Waals surface area (Å²) in [4.78, 5) is 24.8. The number of urea groups is 1. The molecule has 2 atom stereocenters. The second-order valence-corrected chi connectivity index (χ2v) is 5.79. The van der Waals surface area contributed by atoms with Crippen molar-refractivity contribution in [3.63, 3.8) is 0 Å². The molecule has 6 nitrogen and oxygen atoms in total. The average molecular weight is 355 g/mol. The van der Waals surface area contributed by atoms with Crippen LogP contribution in [0.3, 0.4) is 0 Å². The summed E-state index contributed by atoms with van der Waals surface area (Å²) in [6.45, 7) is 3.80. The maximum atomic E-state index is 13.9. The Morgan fingerprint density at radius 1 is 1.19 bits per heavy atom. The van der Waals surface area contributed by atoms with Crippen LogP contribution in [0.1, 0.15) is 11.6 Å². The predicted octanol–water partition coefficient (Wildman–Crippen LogP) is 2.96. The predicted molar refractivity (Wildman–Crippen MR) is 95.1 cm³/mol. The van der Waals surface area contributed by atoms with Gasteiger partial charge in [-0.25, -0.2) is 9.18 Å². The van der Waals surface area contributed by atoms with E-state index in [4.69, 9.17) is 4.74 Å². The van der Waals surface area contributed by atoms with Gasteiger partial charge in [0.25, 0.3) is 0 Å². The number of halogens is 1. The van der Waals surface area contributed by atoms with Crippen molar-refractivity contribution in [3.05, 3.63) is 72.2 Å². The topological polar surface area (TPSA) is 79.5 Å². The summed E-state index contributed by atoms with van der Waals surface area (Å²) in [5, 5.41) is 7.79. The summed E-state index contributed by atoms with van der Waals surface area (Å²) >= 11 is 0. The van der Waals surface area contributed by atoms with Crippen molar-refractivity contribution in [1.82, 2.24) is 10.6 Å². The second-order valence-electron chi connectivity index (χ2n) is 5.79. The first-order valence-corrected chi connectivity index (χ1v) is 7.96. The summed E-state index contributed by atoms with van der Waals surface area (Å²) in [6, 6.07) is 11.7. The molecule has 1 saturated heterocycles. The van der Waals surface area contributed by atoms with Crippen LogP contribution in [-0.4, -0.2) is 19.0 Å². The number of carbonyl (C=O) groups is 2. The molecule has 1 heterocycles. The molecule has 0 spiro atoms. The largest absolute Gasteiger partial charge is 0.496 e. The number of benzene rings is 2. The van der Waals surface area contributed by atoms with E-state index in [2.05, 4.69) is 22.5 Å². The van der Waals surface area contributed by atoms with Crippen molar-refractivity contribution in [2.24, 2.45) is 5.92 Å². The van der Waals surface area contributed by atoms with E-state index in [1.165, 1.54) is 25.3 Å². The molecule has 134 valence electrons. The minimum atomic E-state index is -0.858. The number of ether oxygens (including phenoxy) is 1. The van der Waals surface area contributed by atoms with Crippen molar-refractivity contribution in [3.8, 4) is 5.75 Å². The van der Waals surface area contributed by atoms with Crippen LogP contribution in [0.2, 0.25) is 0 Å². The molecule has 1 aliphatic heterocycles. The lowest BCUT2D eigenvalue weighted by Crippen LogP contribution is -2.51. The summed E-state index contributed by atoms with van der Waals surface area (Å²) in [5.74, 6) is -1.38. The van der Waals surface area contributed by atoms with E-state index in [-0.39, 0.29) is 11.4 Å². The van der Waals surface area contributed by atoms with Crippen LogP contribution >= 0.6 is 0 Å². The van der Waals surface area contributed by atoms with Gasteiger partial charge in [0.15, 0.2) is 0 Å². The van der Waals surface area contributed by atoms with Crippen LogP contribution in [0.15, 0.2) is 60.8 Å². The van der Waals surface area contributed by atoms with E-state index < -0.39 is 29.7 Å². The summed E-state index contributed by atoms with van der Waals surface area (Å²) in [5.41, 5.74) is 0.902. The van der Waals surface area contributed by atoms with Crippen LogP contribution in [-0.2, 0) is 4.79 Å². The van der Waals surface area contributed by atoms with E-state index in [1.54, 1.807) is 30.3 Å². The monoisotopic (exact) mass is 355 g/mol. The fourth-order valence-corrected chi connectivity index (χ4v) is 2.95. The van der Waals surface area contributed by atoms with E-state index in [1.807, 2.05) is 0 Å². The van der Waals surface area contributed by atoms with Gasteiger partial charge in [0.2, 0.25) is 5.91 Å². The van der Waals surface area contributed by atoms with Gasteiger partial charge in [-0.3, -0.25) is 4.79 Å². The van der Waals surface area contributed by atoms with Crippen molar-refractivity contribution >= 4 is 17.6 Å². The van der Waals surface area contributed by atoms with Gasteiger partial charge in [0.05, 0.1) is 18.8 Å². The van der Waals surface area contributed by atoms with Gasteiger partial charge >= 0.3 is 6.03 Å². The van der Waals surface area contributed by atoms with Crippen LogP contribution in [0.25, 0.3) is 0 Å². The Morgan fingerprint density at radius 2 is 1.88 bits per heavy atom. The zero-order valence-corrected chi connectivity index (χ0v) is 14.1. The molecule has 3 rings (SSSR count). The fourth-order valence-electron chi connectivity index (χ4n) is 2.95. The maximum absolute atomic E-state index is 13.9. The fraction of sp³-hybridized carbons (Fsp3) is 0.158. The number of para-hydroxylation sites is 2. The molecule has 7 heteroatoms. The maximum Gasteiger partial charge on any atom is 0.319 e. The third-order valence-electron chi connectivity index (χ3n) is 4.16. The smallest absolute Gasteiger partial charge is 0.319 e. The quantitative estimate of drug-likeness (QED) is 0.789. The van der Waals surface area contributed by atoms with Crippen LogP contribution in [0.5, 0.6) is 5.75 Å². The lowest BCUT2D eigenvalue weighted by Gasteiger charge is -2.34. The molecule has 0 saturated carbocycles. The molecular weight excluding hydrogens is 337 g/mol. The third-order valence-corrected chi connectivity index (χ3v) is 4.16. The molecule has 0 bridgehead atoms. The molecule has 0 radical (unpaired) electrons. The lowest BCUT2D eigenvalue weighted by atomic mass is 9.87. The SMILES string of the molecule is C=C1NC(=O)N[C@@H](c2ccccc2OC)[C@@H]1C(=O)Nc1ccccc1F. The Balaban J connectivity index is 1.95. The number of methoxy groups -OCH3 is 1. The van der Waals surface area contributed by atoms with Gasteiger partial charge in [0, 0.05) is 11.3 Å². The number of nitrogens with one attached hydrogen (secondary N) is 3. The number of carbonyl (C=O) groups excluding carboxylic acids is 2.